The topological polar surface area (TPSA) is 27.7 Å². The van der Waals surface area contributed by atoms with Crippen molar-refractivity contribution in [1.82, 2.24) is 0 Å². The van der Waals surface area contributed by atoms with Gasteiger partial charge in [0.25, 0.3) is 0 Å². The monoisotopic (exact) mass is 294 g/mol. The molecule has 4 heteroatoms. The number of hydrogen-bond donors (Lipinski definition) is 0. The summed E-state index contributed by atoms with van der Waals surface area (Å²) >= 11 is 0. The molecule has 1 unspecified atom stereocenters. The first kappa shape index (κ1) is 17.1. The van der Waals surface area contributed by atoms with Gasteiger partial charge in [-0.15, -0.1) is 0 Å². The Morgan fingerprint density at radius 3 is 2.15 bits per heavy atom. The number of hydrogen-bond acceptors (Lipinski definition) is 3. The summed E-state index contributed by atoms with van der Waals surface area (Å²) in [5.74, 6) is 0. The van der Waals surface area contributed by atoms with E-state index in [9.17, 15) is 0 Å². The van der Waals surface area contributed by atoms with Crippen LogP contribution in [0.15, 0.2) is 36.4 Å². The van der Waals surface area contributed by atoms with Crippen molar-refractivity contribution in [3.8, 4) is 0 Å². The van der Waals surface area contributed by atoms with Gasteiger partial charge in [-0.3, -0.25) is 0 Å². The van der Waals surface area contributed by atoms with E-state index < -0.39 is 8.80 Å². The van der Waals surface area contributed by atoms with Crippen molar-refractivity contribution < 1.29 is 13.3 Å². The highest BCUT2D eigenvalue weighted by molar-refractivity contribution is 6.60. The molecule has 20 heavy (non-hydrogen) atoms. The molecule has 1 atom stereocenters. The van der Waals surface area contributed by atoms with E-state index in [1.807, 2.05) is 45.0 Å². The van der Waals surface area contributed by atoms with Crippen molar-refractivity contribution in [3.63, 3.8) is 0 Å². The summed E-state index contributed by atoms with van der Waals surface area (Å²) in [5, 5.41) is 0. The predicted octanol–water partition coefficient (Wildman–Crippen LogP) is 4.14. The van der Waals surface area contributed by atoms with E-state index in [1.54, 1.807) is 0 Å². The average Bonchev–Trinajstić information content (AvgIpc) is 2.46. The highest BCUT2D eigenvalue weighted by Gasteiger charge is 2.39. The first-order valence-corrected chi connectivity index (χ1v) is 9.28. The van der Waals surface area contributed by atoms with Gasteiger partial charge >= 0.3 is 8.80 Å². The zero-order chi connectivity index (χ0) is 14.8. The van der Waals surface area contributed by atoms with Gasteiger partial charge in [-0.1, -0.05) is 49.4 Å². The van der Waals surface area contributed by atoms with E-state index in [0.717, 1.165) is 6.04 Å². The Hall–Kier alpha value is -0.943. The van der Waals surface area contributed by atoms with Crippen LogP contribution in [0.5, 0.6) is 0 Å². The normalized spacial score (nSPS) is 13.8. The van der Waals surface area contributed by atoms with Crippen LogP contribution < -0.4 is 0 Å². The van der Waals surface area contributed by atoms with Crippen LogP contribution in [0.4, 0.5) is 0 Å². The van der Waals surface area contributed by atoms with Crippen molar-refractivity contribution in [2.75, 3.05) is 13.2 Å². The molecule has 0 saturated carbocycles. The van der Waals surface area contributed by atoms with E-state index in [1.165, 1.54) is 5.56 Å². The third-order valence-corrected chi connectivity index (χ3v) is 5.94. The standard InChI is InChI=1S/C16H26O3Si/c1-5-17-20(7-3,18-6-2)19-15(4)13-14-16-11-9-8-10-12-16/h8-15H,5-7H2,1-4H3. The van der Waals surface area contributed by atoms with Gasteiger partial charge in [-0.25, -0.2) is 0 Å². The quantitative estimate of drug-likeness (QED) is 0.641. The third-order valence-electron chi connectivity index (χ3n) is 2.89. The van der Waals surface area contributed by atoms with Crippen LogP contribution in [0.25, 0.3) is 6.08 Å². The van der Waals surface area contributed by atoms with Gasteiger partial charge in [0.05, 0.1) is 6.10 Å². The molecule has 112 valence electrons. The molecule has 0 N–H and O–H groups in total. The fourth-order valence-electron chi connectivity index (χ4n) is 1.97. The molecular weight excluding hydrogens is 268 g/mol. The maximum Gasteiger partial charge on any atom is 0.501 e. The fourth-order valence-corrected chi connectivity index (χ4v) is 4.29. The van der Waals surface area contributed by atoms with Crippen LogP contribution in [0.1, 0.15) is 33.3 Å². The first-order valence-electron chi connectivity index (χ1n) is 7.34. The molecule has 0 amide bonds. The molecule has 0 radical (unpaired) electrons. The Balaban J connectivity index is 2.65. The van der Waals surface area contributed by atoms with Gasteiger partial charge < -0.3 is 13.3 Å². The lowest BCUT2D eigenvalue weighted by atomic mass is 10.2. The van der Waals surface area contributed by atoms with E-state index in [0.29, 0.717) is 13.2 Å². The highest BCUT2D eigenvalue weighted by atomic mass is 28.4. The largest absolute Gasteiger partial charge is 0.501 e. The third kappa shape index (κ3) is 5.59. The minimum Gasteiger partial charge on any atom is -0.374 e. The molecule has 0 aliphatic carbocycles. The zero-order valence-electron chi connectivity index (χ0n) is 13.0. The summed E-state index contributed by atoms with van der Waals surface area (Å²) in [6.45, 7) is 9.28. The van der Waals surface area contributed by atoms with Gasteiger partial charge in [0.2, 0.25) is 0 Å². The van der Waals surface area contributed by atoms with E-state index >= 15 is 0 Å². The summed E-state index contributed by atoms with van der Waals surface area (Å²) in [5.41, 5.74) is 1.17. The Kier molecular flexibility index (Phi) is 7.77. The molecule has 0 aliphatic rings. The average molecular weight is 294 g/mol. The molecule has 1 rings (SSSR count). The number of rotatable bonds is 9. The summed E-state index contributed by atoms with van der Waals surface area (Å²) in [7, 11) is -2.52. The molecule has 0 spiro atoms. The molecule has 0 aliphatic heterocycles. The molecule has 0 aromatic heterocycles. The highest BCUT2D eigenvalue weighted by Crippen LogP contribution is 2.18. The lowest BCUT2D eigenvalue weighted by molar-refractivity contribution is 0.0537. The minimum absolute atomic E-state index is 0.0278. The van der Waals surface area contributed by atoms with Gasteiger partial charge in [-0.2, -0.15) is 0 Å². The van der Waals surface area contributed by atoms with Crippen molar-refractivity contribution in [3.05, 3.63) is 42.0 Å². The van der Waals surface area contributed by atoms with Crippen LogP contribution in [0, 0.1) is 0 Å². The molecule has 0 fully saturated rings. The van der Waals surface area contributed by atoms with Crippen molar-refractivity contribution in [1.29, 1.82) is 0 Å². The second-order valence-corrected chi connectivity index (χ2v) is 7.38. The van der Waals surface area contributed by atoms with Gasteiger partial charge in [0.1, 0.15) is 0 Å². The maximum absolute atomic E-state index is 6.10. The Morgan fingerprint density at radius 2 is 1.65 bits per heavy atom. The first-order chi connectivity index (χ1) is 9.65. The van der Waals surface area contributed by atoms with Crippen LogP contribution in [-0.4, -0.2) is 28.1 Å². The molecule has 0 heterocycles. The zero-order valence-corrected chi connectivity index (χ0v) is 14.0. The van der Waals surface area contributed by atoms with Gasteiger partial charge in [0, 0.05) is 19.3 Å². The van der Waals surface area contributed by atoms with Crippen molar-refractivity contribution in [2.24, 2.45) is 0 Å². The van der Waals surface area contributed by atoms with E-state index in [-0.39, 0.29) is 6.10 Å². The molecule has 3 nitrogen and oxygen atoms in total. The fraction of sp³-hybridized carbons (Fsp3) is 0.500. The summed E-state index contributed by atoms with van der Waals surface area (Å²) in [4.78, 5) is 0. The Morgan fingerprint density at radius 1 is 1.05 bits per heavy atom. The lowest BCUT2D eigenvalue weighted by Crippen LogP contribution is -2.47. The summed E-state index contributed by atoms with van der Waals surface area (Å²) < 4.78 is 17.7. The van der Waals surface area contributed by atoms with E-state index in [2.05, 4.69) is 25.1 Å². The molecule has 0 bridgehead atoms. The smallest absolute Gasteiger partial charge is 0.374 e. The van der Waals surface area contributed by atoms with Gasteiger partial charge in [-0.05, 0) is 26.3 Å². The summed E-state index contributed by atoms with van der Waals surface area (Å²) in [6.07, 6.45) is 4.09. The van der Waals surface area contributed by atoms with Gasteiger partial charge in [0.15, 0.2) is 0 Å². The second kappa shape index (κ2) is 9.08. The van der Waals surface area contributed by atoms with Crippen molar-refractivity contribution in [2.45, 2.75) is 39.8 Å². The van der Waals surface area contributed by atoms with Crippen LogP contribution in [0.2, 0.25) is 6.04 Å². The van der Waals surface area contributed by atoms with Crippen LogP contribution >= 0.6 is 0 Å². The predicted molar refractivity (Wildman–Crippen MR) is 85.5 cm³/mol. The van der Waals surface area contributed by atoms with Crippen LogP contribution in [-0.2, 0) is 13.3 Å². The number of benzene rings is 1. The molecular formula is C16H26O3Si. The SMILES string of the molecule is CCO[Si](CC)(OCC)OC(C)C=Cc1ccccc1. The molecule has 1 aromatic rings. The lowest BCUT2D eigenvalue weighted by Gasteiger charge is -2.29. The maximum atomic E-state index is 6.10. The van der Waals surface area contributed by atoms with E-state index in [4.69, 9.17) is 13.3 Å². The van der Waals surface area contributed by atoms with Crippen LogP contribution in [0.3, 0.4) is 0 Å². The van der Waals surface area contributed by atoms with Crippen molar-refractivity contribution >= 4 is 14.9 Å². The summed E-state index contributed by atoms with van der Waals surface area (Å²) in [6, 6.07) is 11.0. The Labute approximate surface area is 123 Å². The molecule has 1 aromatic carbocycles. The minimum atomic E-state index is -2.52. The second-order valence-electron chi connectivity index (χ2n) is 4.50. The molecule has 0 saturated heterocycles. The Bertz CT molecular complexity index is 386.